The smallest absolute Gasteiger partial charge is 0.198 e. The van der Waals surface area contributed by atoms with Crippen LogP contribution in [0.15, 0.2) is 0 Å². The van der Waals surface area contributed by atoms with Crippen LogP contribution < -0.4 is 0 Å². The van der Waals surface area contributed by atoms with Crippen LogP contribution >= 0.6 is 0 Å². The van der Waals surface area contributed by atoms with Crippen molar-refractivity contribution in [3.63, 3.8) is 0 Å². The molecular formula is C16H24O4. The van der Waals surface area contributed by atoms with E-state index in [0.29, 0.717) is 0 Å². The maximum absolute atomic E-state index is 6.78. The van der Waals surface area contributed by atoms with Gasteiger partial charge in [-0.05, 0) is 51.4 Å². The summed E-state index contributed by atoms with van der Waals surface area (Å²) in [6.45, 7) is 1.63. The first-order chi connectivity index (χ1) is 9.74. The zero-order chi connectivity index (χ0) is 13.3. The molecule has 0 aromatic rings. The van der Waals surface area contributed by atoms with Crippen molar-refractivity contribution in [2.24, 2.45) is 0 Å². The first kappa shape index (κ1) is 12.4. The lowest BCUT2D eigenvalue weighted by molar-refractivity contribution is -0.508. The molecule has 3 aliphatic heterocycles. The van der Waals surface area contributed by atoms with Crippen molar-refractivity contribution in [3.05, 3.63) is 0 Å². The highest BCUT2D eigenvalue weighted by atomic mass is 16.8. The lowest BCUT2D eigenvalue weighted by Crippen LogP contribution is -2.78. The van der Waals surface area contributed by atoms with Crippen LogP contribution in [0, 0.1) is 0 Å². The highest BCUT2D eigenvalue weighted by Crippen LogP contribution is 2.65. The highest BCUT2D eigenvalue weighted by molar-refractivity contribution is 5.16. The third kappa shape index (κ3) is 1.24. The molecule has 0 aromatic carbocycles. The van der Waals surface area contributed by atoms with Crippen molar-refractivity contribution in [1.29, 1.82) is 0 Å². The molecule has 3 saturated heterocycles. The molecule has 2 aliphatic carbocycles. The van der Waals surface area contributed by atoms with Crippen LogP contribution in [-0.2, 0) is 18.9 Å². The van der Waals surface area contributed by atoms with Crippen LogP contribution in [0.5, 0.6) is 0 Å². The fourth-order valence-corrected chi connectivity index (χ4v) is 5.04. The van der Waals surface area contributed by atoms with Crippen molar-refractivity contribution in [2.45, 2.75) is 87.0 Å². The highest BCUT2D eigenvalue weighted by Gasteiger charge is 2.75. The Morgan fingerprint density at radius 2 is 0.950 bits per heavy atom. The van der Waals surface area contributed by atoms with Gasteiger partial charge < -0.3 is 18.9 Å². The lowest BCUT2D eigenvalue weighted by atomic mass is 9.65. The van der Waals surface area contributed by atoms with Crippen LogP contribution in [0.25, 0.3) is 0 Å². The number of ether oxygens (including phenoxy) is 4. The van der Waals surface area contributed by atoms with E-state index >= 15 is 0 Å². The van der Waals surface area contributed by atoms with E-state index in [1.165, 1.54) is 12.8 Å². The van der Waals surface area contributed by atoms with E-state index in [9.17, 15) is 0 Å². The molecule has 20 heavy (non-hydrogen) atoms. The second kappa shape index (κ2) is 3.78. The van der Waals surface area contributed by atoms with Gasteiger partial charge in [-0.2, -0.15) is 0 Å². The van der Waals surface area contributed by atoms with E-state index in [0.717, 1.165) is 64.6 Å². The zero-order valence-electron chi connectivity index (χ0n) is 12.1. The molecule has 4 spiro atoms. The normalized spacial score (nSPS) is 48.0. The molecule has 4 nitrogen and oxygen atoms in total. The lowest BCUT2D eigenvalue weighted by Gasteiger charge is -2.67. The Kier molecular flexibility index (Phi) is 2.34. The fourth-order valence-electron chi connectivity index (χ4n) is 5.04. The molecule has 0 bridgehead atoms. The number of fused-ring (bicyclic) bond motifs is 2. The molecule has 2 atom stereocenters. The molecule has 2 saturated carbocycles. The second-order valence-corrected chi connectivity index (χ2v) is 7.31. The summed E-state index contributed by atoms with van der Waals surface area (Å²) < 4.78 is 25.9. The first-order valence-corrected chi connectivity index (χ1v) is 8.42. The molecule has 5 fully saturated rings. The van der Waals surface area contributed by atoms with Gasteiger partial charge in [0.05, 0.1) is 13.2 Å². The zero-order valence-corrected chi connectivity index (χ0v) is 12.1. The van der Waals surface area contributed by atoms with Crippen LogP contribution in [0.1, 0.15) is 64.2 Å². The van der Waals surface area contributed by atoms with E-state index in [-0.39, 0.29) is 11.2 Å². The largest absolute Gasteiger partial charge is 0.347 e. The third-order valence-corrected chi connectivity index (χ3v) is 6.40. The Balaban J connectivity index is 1.58. The topological polar surface area (TPSA) is 36.9 Å². The number of hydrogen-bond acceptors (Lipinski definition) is 4. The summed E-state index contributed by atoms with van der Waals surface area (Å²) in [6, 6.07) is 0. The van der Waals surface area contributed by atoms with E-state index < -0.39 is 11.6 Å². The Labute approximate surface area is 120 Å². The van der Waals surface area contributed by atoms with Crippen LogP contribution in [0.4, 0.5) is 0 Å². The van der Waals surface area contributed by atoms with Crippen molar-refractivity contribution in [3.8, 4) is 0 Å². The Bertz CT molecular complexity index is 372. The van der Waals surface area contributed by atoms with Gasteiger partial charge >= 0.3 is 0 Å². The molecule has 0 aromatic heterocycles. The monoisotopic (exact) mass is 280 g/mol. The summed E-state index contributed by atoms with van der Waals surface area (Å²) in [5.74, 6) is -0.939. The summed E-state index contributed by atoms with van der Waals surface area (Å²) in [5.41, 5.74) is -0.455. The van der Waals surface area contributed by atoms with Gasteiger partial charge in [-0.15, -0.1) is 0 Å². The quantitative estimate of drug-likeness (QED) is 0.683. The van der Waals surface area contributed by atoms with Gasteiger partial charge in [-0.3, -0.25) is 0 Å². The third-order valence-electron chi connectivity index (χ3n) is 6.40. The van der Waals surface area contributed by atoms with Crippen LogP contribution in [0.3, 0.4) is 0 Å². The number of rotatable bonds is 0. The average Bonchev–Trinajstić information content (AvgIpc) is 2.98. The SMILES string of the molecule is C1CC2(C1)O[C@]1(CCCO1)C1(CCC1)O[C@]21CCCO1. The maximum atomic E-state index is 6.78. The van der Waals surface area contributed by atoms with E-state index in [2.05, 4.69) is 0 Å². The number of hydrogen-bond donors (Lipinski definition) is 0. The molecular weight excluding hydrogens is 256 g/mol. The predicted octanol–water partition coefficient (Wildman–Crippen LogP) is 2.89. The first-order valence-electron chi connectivity index (χ1n) is 8.42. The summed E-state index contributed by atoms with van der Waals surface area (Å²) in [7, 11) is 0. The summed E-state index contributed by atoms with van der Waals surface area (Å²) in [5, 5.41) is 0. The predicted molar refractivity (Wildman–Crippen MR) is 71.2 cm³/mol. The van der Waals surface area contributed by atoms with Gasteiger partial charge in [0.25, 0.3) is 0 Å². The van der Waals surface area contributed by atoms with Crippen molar-refractivity contribution in [2.75, 3.05) is 13.2 Å². The minimum absolute atomic E-state index is 0.228. The second-order valence-electron chi connectivity index (χ2n) is 7.31. The van der Waals surface area contributed by atoms with Gasteiger partial charge in [0.15, 0.2) is 11.6 Å². The van der Waals surface area contributed by atoms with Gasteiger partial charge in [-0.25, -0.2) is 0 Å². The molecule has 0 amide bonds. The van der Waals surface area contributed by atoms with Gasteiger partial charge in [0, 0.05) is 12.8 Å². The molecule has 0 radical (unpaired) electrons. The molecule has 5 aliphatic rings. The maximum Gasteiger partial charge on any atom is 0.198 e. The summed E-state index contributed by atoms with van der Waals surface area (Å²) >= 11 is 0. The van der Waals surface area contributed by atoms with E-state index in [1.807, 2.05) is 0 Å². The minimum Gasteiger partial charge on any atom is -0.347 e. The van der Waals surface area contributed by atoms with Gasteiger partial charge in [0.2, 0.25) is 0 Å². The van der Waals surface area contributed by atoms with Crippen molar-refractivity contribution < 1.29 is 18.9 Å². The molecule has 4 heteroatoms. The van der Waals surface area contributed by atoms with Gasteiger partial charge in [-0.1, -0.05) is 0 Å². The summed E-state index contributed by atoms with van der Waals surface area (Å²) in [4.78, 5) is 0. The molecule has 3 heterocycles. The average molecular weight is 280 g/mol. The molecule has 0 N–H and O–H groups in total. The van der Waals surface area contributed by atoms with Gasteiger partial charge in [0.1, 0.15) is 11.2 Å². The molecule has 112 valence electrons. The Morgan fingerprint density at radius 1 is 0.500 bits per heavy atom. The Morgan fingerprint density at radius 3 is 1.20 bits per heavy atom. The fraction of sp³-hybridized carbons (Fsp3) is 1.00. The Hall–Kier alpha value is -0.160. The standard InChI is InChI=1S/C16H24O4/c1-5-13(6-1)15(9-3-11-17-15)20-14(7-2-8-14)16(19-13)10-4-12-18-16/h1-12H2/t15-,16-/m1/s1. The van der Waals surface area contributed by atoms with Crippen molar-refractivity contribution >= 4 is 0 Å². The van der Waals surface area contributed by atoms with E-state index in [4.69, 9.17) is 18.9 Å². The van der Waals surface area contributed by atoms with Crippen LogP contribution in [-0.4, -0.2) is 36.0 Å². The van der Waals surface area contributed by atoms with Crippen LogP contribution in [0.2, 0.25) is 0 Å². The minimum atomic E-state index is -0.469. The van der Waals surface area contributed by atoms with E-state index in [1.54, 1.807) is 0 Å². The van der Waals surface area contributed by atoms with Crippen molar-refractivity contribution in [1.82, 2.24) is 0 Å². The molecule has 0 unspecified atom stereocenters. The molecule has 5 rings (SSSR count). The summed E-state index contributed by atoms with van der Waals surface area (Å²) in [6.07, 6.45) is 10.9.